The maximum absolute atomic E-state index is 13.0. The second-order valence-corrected chi connectivity index (χ2v) is 9.57. The molecule has 1 fully saturated rings. The van der Waals surface area contributed by atoms with Gasteiger partial charge in [-0.15, -0.1) is 0 Å². The summed E-state index contributed by atoms with van der Waals surface area (Å²) in [5.41, 5.74) is -0.0460. The number of fused-ring (bicyclic) bond motifs is 1. The van der Waals surface area contributed by atoms with Gasteiger partial charge in [0.05, 0.1) is 16.4 Å². The van der Waals surface area contributed by atoms with Crippen LogP contribution in [0.25, 0.3) is 0 Å². The molecule has 1 N–H and O–H groups in total. The second-order valence-electron chi connectivity index (χ2n) is 7.63. The van der Waals surface area contributed by atoms with E-state index in [1.54, 1.807) is 6.07 Å². The zero-order valence-electron chi connectivity index (χ0n) is 17.0. The first-order chi connectivity index (χ1) is 14.9. The maximum Gasteiger partial charge on any atom is 0.293 e. The summed E-state index contributed by atoms with van der Waals surface area (Å²) >= 11 is 0. The number of rotatable bonds is 6. The molecular weight excluding hydrogens is 422 g/mol. The van der Waals surface area contributed by atoms with E-state index in [9.17, 15) is 18.5 Å². The molecule has 1 saturated heterocycles. The third-order valence-electron chi connectivity index (χ3n) is 5.46. The molecule has 0 radical (unpaired) electrons. The monoisotopic (exact) mass is 447 g/mol. The van der Waals surface area contributed by atoms with Crippen molar-refractivity contribution in [3.05, 3.63) is 52.6 Å². The van der Waals surface area contributed by atoms with Crippen LogP contribution in [-0.2, 0) is 10.0 Å². The van der Waals surface area contributed by atoms with Gasteiger partial charge >= 0.3 is 0 Å². The van der Waals surface area contributed by atoms with E-state index in [-0.39, 0.29) is 28.9 Å². The first-order valence-corrected chi connectivity index (χ1v) is 11.8. The van der Waals surface area contributed by atoms with Gasteiger partial charge in [-0.3, -0.25) is 10.1 Å². The molecule has 2 heterocycles. The molecule has 0 bridgehead atoms. The highest BCUT2D eigenvalue weighted by Crippen LogP contribution is 2.32. The Morgan fingerprint density at radius 1 is 1.06 bits per heavy atom. The van der Waals surface area contributed by atoms with Crippen molar-refractivity contribution in [2.45, 2.75) is 36.7 Å². The van der Waals surface area contributed by atoms with Gasteiger partial charge < -0.3 is 14.8 Å². The number of nitrogens with zero attached hydrogens (tertiary/aromatic N) is 2. The summed E-state index contributed by atoms with van der Waals surface area (Å²) in [4.78, 5) is 11.0. The lowest BCUT2D eigenvalue weighted by Crippen LogP contribution is -2.35. The van der Waals surface area contributed by atoms with Crippen LogP contribution in [0.3, 0.4) is 0 Å². The minimum absolute atomic E-state index is 0.0576. The summed E-state index contributed by atoms with van der Waals surface area (Å²) in [6.45, 7) is 1.46. The van der Waals surface area contributed by atoms with Crippen LogP contribution in [0.4, 0.5) is 11.4 Å². The maximum atomic E-state index is 13.0. The molecule has 0 spiro atoms. The Kier molecular flexibility index (Phi) is 6.28. The van der Waals surface area contributed by atoms with Gasteiger partial charge in [0.1, 0.15) is 18.4 Å². The number of para-hydroxylation sites is 2. The van der Waals surface area contributed by atoms with Gasteiger partial charge in [0.2, 0.25) is 10.0 Å². The van der Waals surface area contributed by atoms with E-state index in [4.69, 9.17) is 9.47 Å². The van der Waals surface area contributed by atoms with E-state index in [0.717, 1.165) is 31.7 Å². The highest BCUT2D eigenvalue weighted by atomic mass is 32.2. The zero-order valence-corrected chi connectivity index (χ0v) is 17.8. The molecular formula is C21H25N3O6S. The lowest BCUT2D eigenvalue weighted by Gasteiger charge is -2.26. The van der Waals surface area contributed by atoms with Crippen LogP contribution in [0.15, 0.2) is 47.4 Å². The number of hydrogen-bond acceptors (Lipinski definition) is 7. The minimum Gasteiger partial charge on any atom is -0.486 e. The predicted octanol–water partition coefficient (Wildman–Crippen LogP) is 3.41. The van der Waals surface area contributed by atoms with Crippen LogP contribution in [0, 0.1) is 10.1 Å². The molecule has 0 saturated carbocycles. The summed E-state index contributed by atoms with van der Waals surface area (Å²) in [5.74, 6) is 1.28. The topological polar surface area (TPSA) is 111 Å². The molecule has 0 aromatic heterocycles. The molecule has 2 aliphatic heterocycles. The van der Waals surface area contributed by atoms with Crippen LogP contribution >= 0.6 is 0 Å². The molecule has 2 aromatic carbocycles. The summed E-state index contributed by atoms with van der Waals surface area (Å²) in [5, 5.41) is 14.7. The number of nitro benzene ring substituents is 1. The molecule has 166 valence electrons. The van der Waals surface area contributed by atoms with E-state index in [1.165, 1.54) is 16.4 Å². The molecule has 2 aliphatic rings. The minimum atomic E-state index is -3.77. The second kappa shape index (κ2) is 9.11. The van der Waals surface area contributed by atoms with Crippen molar-refractivity contribution in [1.29, 1.82) is 0 Å². The van der Waals surface area contributed by atoms with Crippen LogP contribution < -0.4 is 14.8 Å². The van der Waals surface area contributed by atoms with Gasteiger partial charge in [-0.05, 0) is 37.1 Å². The standard InChI is InChI=1S/C21H25N3O6S/c25-24(26)19-13-17(31(27,28)23-11-5-1-2-6-12-23)9-10-18(19)22-14-16-15-29-20-7-3-4-8-21(20)30-16/h3-4,7-10,13,16,22H,1-2,5-6,11-12,14-15H2/t16-/m1/s1. The van der Waals surface area contributed by atoms with E-state index in [2.05, 4.69) is 5.32 Å². The fourth-order valence-electron chi connectivity index (χ4n) is 3.79. The highest BCUT2D eigenvalue weighted by Gasteiger charge is 2.28. The van der Waals surface area contributed by atoms with Gasteiger partial charge in [0.25, 0.3) is 5.69 Å². The van der Waals surface area contributed by atoms with Crippen molar-refractivity contribution in [2.75, 3.05) is 31.6 Å². The van der Waals surface area contributed by atoms with Gasteiger partial charge in [-0.2, -0.15) is 4.31 Å². The zero-order chi connectivity index (χ0) is 21.8. The Morgan fingerprint density at radius 3 is 2.48 bits per heavy atom. The van der Waals surface area contributed by atoms with Crippen molar-refractivity contribution < 1.29 is 22.8 Å². The highest BCUT2D eigenvalue weighted by molar-refractivity contribution is 7.89. The lowest BCUT2D eigenvalue weighted by molar-refractivity contribution is -0.384. The van der Waals surface area contributed by atoms with Crippen LogP contribution in [0.2, 0.25) is 0 Å². The molecule has 2 aromatic rings. The van der Waals surface area contributed by atoms with Crippen molar-refractivity contribution in [3.8, 4) is 11.5 Å². The molecule has 31 heavy (non-hydrogen) atoms. The Labute approximate surface area is 181 Å². The van der Waals surface area contributed by atoms with Gasteiger partial charge in [0, 0.05) is 19.2 Å². The van der Waals surface area contributed by atoms with Crippen molar-refractivity contribution in [2.24, 2.45) is 0 Å². The predicted molar refractivity (Wildman–Crippen MR) is 115 cm³/mol. The molecule has 0 unspecified atom stereocenters. The number of sulfonamides is 1. The third kappa shape index (κ3) is 4.75. The van der Waals surface area contributed by atoms with Crippen LogP contribution in [-0.4, -0.2) is 50.0 Å². The van der Waals surface area contributed by atoms with Crippen LogP contribution in [0.1, 0.15) is 25.7 Å². The molecule has 0 aliphatic carbocycles. The van der Waals surface area contributed by atoms with E-state index < -0.39 is 14.9 Å². The largest absolute Gasteiger partial charge is 0.486 e. The fraction of sp³-hybridized carbons (Fsp3) is 0.429. The summed E-state index contributed by atoms with van der Waals surface area (Å²) < 4.78 is 38.9. The molecule has 10 heteroatoms. The normalized spacial score (nSPS) is 19.4. The average molecular weight is 448 g/mol. The number of hydrogen-bond donors (Lipinski definition) is 1. The molecule has 1 atom stereocenters. The number of nitrogens with one attached hydrogen (secondary N) is 1. The smallest absolute Gasteiger partial charge is 0.293 e. The Morgan fingerprint density at radius 2 is 1.77 bits per heavy atom. The SMILES string of the molecule is O=[N+]([O-])c1cc(S(=O)(=O)N2CCCCCC2)ccc1NC[C@@H]1COc2ccccc2O1. The Hall–Kier alpha value is -2.85. The van der Waals surface area contributed by atoms with Crippen molar-refractivity contribution in [3.63, 3.8) is 0 Å². The fourth-order valence-corrected chi connectivity index (χ4v) is 5.33. The molecule has 0 amide bonds. The first kappa shape index (κ1) is 21.4. The quantitative estimate of drug-likeness (QED) is 0.533. The van der Waals surface area contributed by atoms with Gasteiger partial charge in [-0.25, -0.2) is 8.42 Å². The molecule has 4 rings (SSSR count). The average Bonchev–Trinajstić information content (AvgIpc) is 3.07. The van der Waals surface area contributed by atoms with E-state index in [1.807, 2.05) is 18.2 Å². The Balaban J connectivity index is 1.49. The van der Waals surface area contributed by atoms with E-state index >= 15 is 0 Å². The Bertz CT molecular complexity index is 1050. The number of benzene rings is 2. The summed E-state index contributed by atoms with van der Waals surface area (Å²) in [6.07, 6.45) is 3.25. The van der Waals surface area contributed by atoms with E-state index in [0.29, 0.717) is 31.2 Å². The van der Waals surface area contributed by atoms with Crippen molar-refractivity contribution in [1.82, 2.24) is 4.31 Å². The summed E-state index contributed by atoms with van der Waals surface area (Å²) in [6, 6.07) is 11.3. The third-order valence-corrected chi connectivity index (χ3v) is 7.35. The summed E-state index contributed by atoms with van der Waals surface area (Å²) in [7, 11) is -3.77. The van der Waals surface area contributed by atoms with Gasteiger partial charge in [-0.1, -0.05) is 25.0 Å². The number of anilines is 1. The number of ether oxygens (including phenoxy) is 2. The lowest BCUT2D eigenvalue weighted by atomic mass is 10.2. The van der Waals surface area contributed by atoms with Crippen LogP contribution in [0.5, 0.6) is 11.5 Å². The number of nitro groups is 1. The van der Waals surface area contributed by atoms with Gasteiger partial charge in [0.15, 0.2) is 11.5 Å². The molecule has 9 nitrogen and oxygen atoms in total. The first-order valence-electron chi connectivity index (χ1n) is 10.4. The van der Waals surface area contributed by atoms with Crippen molar-refractivity contribution >= 4 is 21.4 Å².